The topological polar surface area (TPSA) is 126 Å². The molecule has 1 aromatic heterocycles. The molecule has 4 rings (SSSR count). The number of rotatable bonds is 5. The Hall–Kier alpha value is -2.57. The second-order valence-electron chi connectivity index (χ2n) is 8.06. The molecule has 3 heterocycles. The maximum absolute atomic E-state index is 13.0. The van der Waals surface area contributed by atoms with Crippen molar-refractivity contribution < 1.29 is 17.9 Å². The molecule has 0 bridgehead atoms. The maximum Gasteiger partial charge on any atom is 0.293 e. The third-order valence-corrected chi connectivity index (χ3v) is 7.87. The second kappa shape index (κ2) is 8.52. The predicted octanol–water partition coefficient (Wildman–Crippen LogP) is 1.61. The number of aromatic nitrogens is 2. The average molecular weight is 451 g/mol. The van der Waals surface area contributed by atoms with Gasteiger partial charge in [-0.05, 0) is 38.9 Å². The van der Waals surface area contributed by atoms with Crippen molar-refractivity contribution in [2.75, 3.05) is 51.2 Å². The summed E-state index contributed by atoms with van der Waals surface area (Å²) in [5.41, 5.74) is 0.241. The number of piperazine rings is 1. The SMILES string of the molecule is Cc1noc(C2CCN(c3ccc(S(=O)(=O)N4CCN(C)CC4)cc3[N+](=O)[O-])CC2)n1. The van der Waals surface area contributed by atoms with Gasteiger partial charge in [-0.1, -0.05) is 5.16 Å². The van der Waals surface area contributed by atoms with Crippen LogP contribution < -0.4 is 4.90 Å². The van der Waals surface area contributed by atoms with E-state index in [-0.39, 0.29) is 16.5 Å². The Balaban J connectivity index is 1.54. The van der Waals surface area contributed by atoms with Gasteiger partial charge in [0, 0.05) is 51.3 Å². The van der Waals surface area contributed by atoms with Crippen LogP contribution in [0.3, 0.4) is 0 Å². The van der Waals surface area contributed by atoms with Crippen molar-refractivity contribution in [2.24, 2.45) is 0 Å². The summed E-state index contributed by atoms with van der Waals surface area (Å²) in [6, 6.07) is 4.22. The highest BCUT2D eigenvalue weighted by Gasteiger charge is 2.32. The van der Waals surface area contributed by atoms with Gasteiger partial charge >= 0.3 is 0 Å². The highest BCUT2D eigenvalue weighted by molar-refractivity contribution is 7.89. The number of nitro groups is 1. The molecule has 168 valence electrons. The number of sulfonamides is 1. The second-order valence-corrected chi connectivity index (χ2v) is 9.99. The van der Waals surface area contributed by atoms with E-state index in [1.165, 1.54) is 16.4 Å². The lowest BCUT2D eigenvalue weighted by molar-refractivity contribution is -0.384. The Labute approximate surface area is 180 Å². The van der Waals surface area contributed by atoms with E-state index in [2.05, 4.69) is 15.0 Å². The van der Waals surface area contributed by atoms with Crippen molar-refractivity contribution in [3.63, 3.8) is 0 Å². The first kappa shape index (κ1) is 21.7. The third kappa shape index (κ3) is 4.41. The van der Waals surface area contributed by atoms with Crippen LogP contribution in [-0.2, 0) is 10.0 Å². The molecular formula is C19H26N6O5S. The zero-order valence-corrected chi connectivity index (χ0v) is 18.4. The van der Waals surface area contributed by atoms with E-state index in [1.54, 1.807) is 13.0 Å². The number of nitrogens with zero attached hydrogens (tertiary/aromatic N) is 6. The number of likely N-dealkylation sites (N-methyl/N-ethyl adjacent to an activating group) is 1. The zero-order valence-electron chi connectivity index (χ0n) is 17.6. The van der Waals surface area contributed by atoms with Gasteiger partial charge in [0.05, 0.1) is 9.82 Å². The van der Waals surface area contributed by atoms with Gasteiger partial charge in [0.25, 0.3) is 5.69 Å². The largest absolute Gasteiger partial charge is 0.366 e. The van der Waals surface area contributed by atoms with Crippen molar-refractivity contribution in [2.45, 2.75) is 30.6 Å². The molecule has 11 nitrogen and oxygen atoms in total. The molecule has 0 atom stereocenters. The van der Waals surface area contributed by atoms with Gasteiger partial charge in [-0.15, -0.1) is 0 Å². The minimum absolute atomic E-state index is 0.0382. The Kier molecular flexibility index (Phi) is 5.95. The highest BCUT2D eigenvalue weighted by atomic mass is 32.2. The lowest BCUT2D eigenvalue weighted by Gasteiger charge is -2.33. The lowest BCUT2D eigenvalue weighted by atomic mass is 9.96. The van der Waals surface area contributed by atoms with E-state index >= 15 is 0 Å². The van der Waals surface area contributed by atoms with E-state index in [4.69, 9.17) is 4.52 Å². The van der Waals surface area contributed by atoms with Crippen LogP contribution in [-0.4, -0.2) is 79.0 Å². The van der Waals surface area contributed by atoms with Crippen LogP contribution >= 0.6 is 0 Å². The van der Waals surface area contributed by atoms with Gasteiger partial charge in [-0.3, -0.25) is 10.1 Å². The Bertz CT molecular complexity index is 1060. The normalized spacial score (nSPS) is 19.6. The number of hydrogen-bond acceptors (Lipinski definition) is 9. The molecule has 2 saturated heterocycles. The highest BCUT2D eigenvalue weighted by Crippen LogP contribution is 2.36. The smallest absolute Gasteiger partial charge is 0.293 e. The molecular weight excluding hydrogens is 424 g/mol. The van der Waals surface area contributed by atoms with Gasteiger partial charge < -0.3 is 14.3 Å². The molecule has 2 aromatic rings. The molecule has 2 aliphatic rings. The monoisotopic (exact) mass is 450 g/mol. The maximum atomic E-state index is 13.0. The van der Waals surface area contributed by atoms with Crippen LogP contribution in [0.4, 0.5) is 11.4 Å². The van der Waals surface area contributed by atoms with Crippen molar-refractivity contribution in [1.82, 2.24) is 19.3 Å². The van der Waals surface area contributed by atoms with E-state index in [0.717, 1.165) is 12.8 Å². The summed E-state index contributed by atoms with van der Waals surface area (Å²) in [4.78, 5) is 19.5. The van der Waals surface area contributed by atoms with E-state index in [1.807, 2.05) is 11.9 Å². The van der Waals surface area contributed by atoms with Crippen molar-refractivity contribution in [3.8, 4) is 0 Å². The fourth-order valence-corrected chi connectivity index (χ4v) is 5.54. The fraction of sp³-hybridized carbons (Fsp3) is 0.579. The summed E-state index contributed by atoms with van der Waals surface area (Å²) < 4.78 is 32.7. The minimum atomic E-state index is -3.78. The van der Waals surface area contributed by atoms with Crippen LogP contribution in [0, 0.1) is 17.0 Å². The van der Waals surface area contributed by atoms with Gasteiger partial charge in [-0.2, -0.15) is 9.29 Å². The summed E-state index contributed by atoms with van der Waals surface area (Å²) in [6.45, 7) is 4.94. The van der Waals surface area contributed by atoms with Crippen LogP contribution in [0.1, 0.15) is 30.5 Å². The van der Waals surface area contributed by atoms with Gasteiger partial charge in [0.1, 0.15) is 5.69 Å². The molecule has 12 heteroatoms. The van der Waals surface area contributed by atoms with Crippen LogP contribution in [0.15, 0.2) is 27.6 Å². The number of benzene rings is 1. The number of aryl methyl sites for hydroxylation is 1. The molecule has 0 spiro atoms. The Morgan fingerprint density at radius 1 is 1.13 bits per heavy atom. The number of hydrogen-bond donors (Lipinski definition) is 0. The first-order chi connectivity index (χ1) is 14.8. The Morgan fingerprint density at radius 2 is 1.81 bits per heavy atom. The van der Waals surface area contributed by atoms with Crippen LogP contribution in [0.25, 0.3) is 0 Å². The van der Waals surface area contributed by atoms with Crippen molar-refractivity contribution in [1.29, 1.82) is 0 Å². The zero-order chi connectivity index (χ0) is 22.2. The van der Waals surface area contributed by atoms with Crippen molar-refractivity contribution >= 4 is 21.4 Å². The average Bonchev–Trinajstić information content (AvgIpc) is 3.20. The summed E-state index contributed by atoms with van der Waals surface area (Å²) in [7, 11) is -1.84. The fourth-order valence-electron chi connectivity index (χ4n) is 4.10. The third-order valence-electron chi connectivity index (χ3n) is 5.97. The first-order valence-corrected chi connectivity index (χ1v) is 11.7. The molecule has 31 heavy (non-hydrogen) atoms. The number of nitro benzene ring substituents is 1. The molecule has 2 fully saturated rings. The van der Waals surface area contributed by atoms with E-state index in [0.29, 0.717) is 56.7 Å². The number of anilines is 1. The molecule has 0 N–H and O–H groups in total. The van der Waals surface area contributed by atoms with E-state index < -0.39 is 14.9 Å². The quantitative estimate of drug-likeness (QED) is 0.493. The molecule has 2 aliphatic heterocycles. The summed E-state index contributed by atoms with van der Waals surface area (Å²) in [5, 5.41) is 15.6. The number of piperidine rings is 1. The minimum Gasteiger partial charge on any atom is -0.366 e. The molecule has 1 aromatic carbocycles. The Morgan fingerprint density at radius 3 is 2.39 bits per heavy atom. The van der Waals surface area contributed by atoms with Crippen LogP contribution in [0.2, 0.25) is 0 Å². The summed E-state index contributed by atoms with van der Waals surface area (Å²) in [6.07, 6.45) is 1.44. The molecule has 0 saturated carbocycles. The van der Waals surface area contributed by atoms with Gasteiger partial charge in [0.2, 0.25) is 15.9 Å². The summed E-state index contributed by atoms with van der Waals surface area (Å²) in [5.74, 6) is 1.30. The lowest BCUT2D eigenvalue weighted by Crippen LogP contribution is -2.47. The predicted molar refractivity (Wildman–Crippen MR) is 113 cm³/mol. The van der Waals surface area contributed by atoms with Gasteiger partial charge in [0.15, 0.2) is 5.82 Å². The molecule has 0 amide bonds. The standard InChI is InChI=1S/C19H26N6O5S/c1-14-20-19(30-21-14)15-5-7-23(8-6-15)17-4-3-16(13-18(17)25(26)27)31(28,29)24-11-9-22(2)10-12-24/h3-4,13,15H,5-12H2,1-2H3. The molecule has 0 unspecified atom stereocenters. The first-order valence-electron chi connectivity index (χ1n) is 10.3. The van der Waals surface area contributed by atoms with Crippen molar-refractivity contribution in [3.05, 3.63) is 40.0 Å². The van der Waals surface area contributed by atoms with Crippen LogP contribution in [0.5, 0.6) is 0 Å². The summed E-state index contributed by atoms with van der Waals surface area (Å²) >= 11 is 0. The molecule has 0 radical (unpaired) electrons. The van der Waals surface area contributed by atoms with E-state index in [9.17, 15) is 18.5 Å². The molecule has 0 aliphatic carbocycles. The van der Waals surface area contributed by atoms with Gasteiger partial charge in [-0.25, -0.2) is 8.42 Å².